The fourth-order valence-electron chi connectivity index (χ4n) is 3.29. The maximum atomic E-state index is 10.9. The number of hydrogen-bond donors (Lipinski definition) is 3. The Morgan fingerprint density at radius 1 is 0.906 bits per heavy atom. The predicted molar refractivity (Wildman–Crippen MR) is 124 cm³/mol. The number of nitriles is 1. The van der Waals surface area contributed by atoms with Crippen LogP contribution in [0.5, 0.6) is 0 Å². The fourth-order valence-corrected chi connectivity index (χ4v) is 3.29. The third-order valence-corrected chi connectivity index (χ3v) is 5.07. The highest BCUT2D eigenvalue weighted by Crippen LogP contribution is 2.31. The molecule has 0 saturated carbocycles. The van der Waals surface area contributed by atoms with Crippen LogP contribution in [0.15, 0.2) is 71.8 Å². The second-order valence-electron chi connectivity index (χ2n) is 7.33. The van der Waals surface area contributed by atoms with Gasteiger partial charge in [-0.2, -0.15) is 5.26 Å². The Labute approximate surface area is 186 Å². The lowest BCUT2D eigenvalue weighted by Crippen LogP contribution is -1.96. The molecule has 0 fully saturated rings. The zero-order valence-corrected chi connectivity index (χ0v) is 17.5. The van der Waals surface area contributed by atoms with Gasteiger partial charge in [0.25, 0.3) is 0 Å². The number of nitrogens with zero attached hydrogens (tertiary/aromatic N) is 1. The van der Waals surface area contributed by atoms with Crippen LogP contribution in [0.3, 0.4) is 0 Å². The first-order chi connectivity index (χ1) is 15.4. The van der Waals surface area contributed by atoms with Gasteiger partial charge in [0.2, 0.25) is 0 Å². The molecule has 3 rings (SSSR count). The molecule has 0 radical (unpaired) electrons. The average molecular weight is 426 g/mol. The highest BCUT2D eigenvalue weighted by molar-refractivity contribution is 5.91. The molecule has 6 nitrogen and oxygen atoms in total. The number of aliphatic carboxylic acids is 2. The van der Waals surface area contributed by atoms with E-state index in [0.717, 1.165) is 40.9 Å². The van der Waals surface area contributed by atoms with Crippen molar-refractivity contribution in [1.82, 2.24) is 0 Å². The topological polar surface area (TPSA) is 110 Å². The molecule has 3 N–H and O–H groups in total. The summed E-state index contributed by atoms with van der Waals surface area (Å²) in [6, 6.07) is 13.7. The Morgan fingerprint density at radius 3 is 1.91 bits per heavy atom. The zero-order valence-electron chi connectivity index (χ0n) is 17.5. The van der Waals surface area contributed by atoms with Crippen molar-refractivity contribution in [3.8, 4) is 6.07 Å². The maximum absolute atomic E-state index is 10.9. The summed E-state index contributed by atoms with van der Waals surface area (Å²) < 4.78 is 0. The third-order valence-electron chi connectivity index (χ3n) is 5.07. The smallest absolute Gasteiger partial charge is 0.346 e. The number of allylic oxidation sites excluding steroid dienone is 4. The monoisotopic (exact) mass is 426 g/mol. The molecule has 0 spiro atoms. The summed E-state index contributed by atoms with van der Waals surface area (Å²) in [5, 5.41) is 30.1. The molecular formula is C26H22N2O4. The van der Waals surface area contributed by atoms with Crippen molar-refractivity contribution in [3.63, 3.8) is 0 Å². The van der Waals surface area contributed by atoms with Crippen molar-refractivity contribution in [2.75, 3.05) is 5.32 Å². The number of carboxylic acid groups (broad SMARTS) is 2. The minimum Gasteiger partial charge on any atom is -0.478 e. The molecule has 0 aliphatic carbocycles. The van der Waals surface area contributed by atoms with Gasteiger partial charge in [-0.25, -0.2) is 9.59 Å². The van der Waals surface area contributed by atoms with Gasteiger partial charge in [0, 0.05) is 16.9 Å². The first-order valence-electron chi connectivity index (χ1n) is 10.0. The van der Waals surface area contributed by atoms with Gasteiger partial charge in [0.15, 0.2) is 0 Å². The van der Waals surface area contributed by atoms with Gasteiger partial charge < -0.3 is 15.5 Å². The van der Waals surface area contributed by atoms with Crippen molar-refractivity contribution >= 4 is 35.5 Å². The molecule has 160 valence electrons. The number of nitrogens with one attached hydrogen (secondary N) is 1. The number of carboxylic acids is 2. The van der Waals surface area contributed by atoms with Crippen molar-refractivity contribution in [3.05, 3.63) is 94.1 Å². The van der Waals surface area contributed by atoms with E-state index >= 15 is 0 Å². The molecule has 0 saturated heterocycles. The largest absolute Gasteiger partial charge is 0.478 e. The van der Waals surface area contributed by atoms with Crippen molar-refractivity contribution in [2.45, 2.75) is 19.8 Å². The molecule has 0 amide bonds. The van der Waals surface area contributed by atoms with Crippen LogP contribution in [0, 0.1) is 11.3 Å². The van der Waals surface area contributed by atoms with E-state index in [0.29, 0.717) is 0 Å². The number of rotatable bonds is 6. The second-order valence-corrected chi connectivity index (χ2v) is 7.33. The summed E-state index contributed by atoms with van der Waals surface area (Å²) >= 11 is 0. The van der Waals surface area contributed by atoms with Gasteiger partial charge in [0.05, 0.1) is 0 Å². The van der Waals surface area contributed by atoms with E-state index in [2.05, 4.69) is 11.4 Å². The molecule has 2 aromatic carbocycles. The van der Waals surface area contributed by atoms with Crippen LogP contribution in [0.1, 0.15) is 29.2 Å². The number of fused-ring (bicyclic) bond motifs is 2. The van der Waals surface area contributed by atoms with E-state index in [-0.39, 0.29) is 11.1 Å². The minimum absolute atomic E-state index is 0.278. The lowest BCUT2D eigenvalue weighted by atomic mass is 10.0. The van der Waals surface area contributed by atoms with Gasteiger partial charge in [-0.15, -0.1) is 0 Å². The molecule has 1 aliphatic heterocycles. The van der Waals surface area contributed by atoms with Gasteiger partial charge >= 0.3 is 11.9 Å². The average Bonchev–Trinajstić information content (AvgIpc) is 2.95. The first kappa shape index (κ1) is 22.3. The summed E-state index contributed by atoms with van der Waals surface area (Å²) in [7, 11) is 0. The molecule has 0 aromatic heterocycles. The number of aryl methyl sites for hydroxylation is 2. The molecule has 1 heterocycles. The molecule has 0 unspecified atom stereocenters. The number of benzene rings is 2. The van der Waals surface area contributed by atoms with Crippen LogP contribution in [-0.4, -0.2) is 22.2 Å². The van der Waals surface area contributed by atoms with E-state index in [4.69, 9.17) is 15.5 Å². The molecule has 32 heavy (non-hydrogen) atoms. The van der Waals surface area contributed by atoms with Crippen LogP contribution in [0.4, 0.5) is 11.4 Å². The van der Waals surface area contributed by atoms with Crippen molar-refractivity contribution in [2.24, 2.45) is 0 Å². The Bertz CT molecular complexity index is 1230. The lowest BCUT2D eigenvalue weighted by molar-refractivity contribution is -0.133. The van der Waals surface area contributed by atoms with E-state index in [1.165, 1.54) is 11.6 Å². The van der Waals surface area contributed by atoms with Crippen LogP contribution in [0.25, 0.3) is 12.2 Å². The van der Waals surface area contributed by atoms with E-state index in [9.17, 15) is 9.59 Å². The van der Waals surface area contributed by atoms with Gasteiger partial charge in [-0.1, -0.05) is 42.5 Å². The fraction of sp³-hybridized carbons (Fsp3) is 0.115. The summed E-state index contributed by atoms with van der Waals surface area (Å²) in [4.78, 5) is 21.8. The normalized spacial score (nSPS) is 13.8. The number of carbonyl (C=O) groups is 2. The van der Waals surface area contributed by atoms with Gasteiger partial charge in [0.1, 0.15) is 11.6 Å². The van der Waals surface area contributed by atoms with E-state index in [1.54, 1.807) is 37.3 Å². The third kappa shape index (κ3) is 5.61. The molecule has 6 heteroatoms. The zero-order chi connectivity index (χ0) is 23.1. The van der Waals surface area contributed by atoms with Crippen molar-refractivity contribution < 1.29 is 19.8 Å². The van der Waals surface area contributed by atoms with Crippen LogP contribution >= 0.6 is 0 Å². The number of hydrogen-bond acceptors (Lipinski definition) is 4. The minimum atomic E-state index is -1.25. The van der Waals surface area contributed by atoms with Crippen LogP contribution < -0.4 is 5.32 Å². The lowest BCUT2D eigenvalue weighted by Gasteiger charge is -2.11. The van der Waals surface area contributed by atoms with Crippen molar-refractivity contribution in [1.29, 1.82) is 5.26 Å². The molecule has 0 bridgehead atoms. The Hall–Kier alpha value is -4.37. The van der Waals surface area contributed by atoms with Crippen LogP contribution in [-0.2, 0) is 22.4 Å². The molecular weight excluding hydrogens is 404 g/mol. The second kappa shape index (κ2) is 10.1. The van der Waals surface area contributed by atoms with Gasteiger partial charge in [-0.05, 0) is 72.4 Å². The predicted octanol–water partition coefficient (Wildman–Crippen LogP) is 5.12. The molecule has 2 aromatic rings. The summed E-state index contributed by atoms with van der Waals surface area (Å²) in [6.07, 6.45) is 11.5. The maximum Gasteiger partial charge on any atom is 0.346 e. The van der Waals surface area contributed by atoms with Crippen LogP contribution in [0.2, 0.25) is 0 Å². The summed E-state index contributed by atoms with van der Waals surface area (Å²) in [5.74, 6) is -2.18. The van der Waals surface area contributed by atoms with E-state index < -0.39 is 11.9 Å². The summed E-state index contributed by atoms with van der Waals surface area (Å²) in [5.41, 5.74) is 6.23. The Balaban J connectivity index is 1.77. The highest BCUT2D eigenvalue weighted by atomic mass is 16.4. The van der Waals surface area contributed by atoms with E-state index in [1.807, 2.05) is 36.4 Å². The Morgan fingerprint density at radius 2 is 1.44 bits per heavy atom. The highest BCUT2D eigenvalue weighted by Gasteiger charge is 2.13. The summed E-state index contributed by atoms with van der Waals surface area (Å²) in [6.45, 7) is 1.55. The standard InChI is InChI=1S/C26H22N2O4/c1-17(25(29)30)4-2-5-18-8-12-23-20(14-18)10-11-21-15-19(9-13-24(21)28-23)6-3-7-22(16-27)26(31)32/h2-9,12-15,28H,10-11H2,1H3,(H,29,30)(H,31,32)/b5-2+,6-3+,17-4-,22-7-. The molecule has 0 atom stereocenters. The first-order valence-corrected chi connectivity index (χ1v) is 10.0. The SMILES string of the molecule is C/C(=C/C=C/c1ccc2c(c1)CCc1cc(/C=C/C=C(/C#N)C(=O)O)ccc1N2)C(=O)O. The Kier molecular flexibility index (Phi) is 7.04. The quantitative estimate of drug-likeness (QED) is 0.336. The van der Waals surface area contributed by atoms with Gasteiger partial charge in [-0.3, -0.25) is 0 Å². The number of anilines is 2. The molecule has 1 aliphatic rings.